The highest BCUT2D eigenvalue weighted by Gasteiger charge is 2.27. The summed E-state index contributed by atoms with van der Waals surface area (Å²) in [5.41, 5.74) is 1.20. The van der Waals surface area contributed by atoms with Crippen LogP contribution < -0.4 is 20.7 Å². The third-order valence-electron chi connectivity index (χ3n) is 5.82. The van der Waals surface area contributed by atoms with E-state index in [9.17, 15) is 24.3 Å². The number of fused-ring (bicyclic) bond motifs is 1. The quantitative estimate of drug-likeness (QED) is 0.394. The Morgan fingerprint density at radius 3 is 2.78 bits per heavy atom. The fraction of sp³-hybridized carbons (Fsp3) is 0.480. The molecule has 37 heavy (non-hydrogen) atoms. The number of thiazole rings is 1. The standard InChI is InChI=1S/C25H33N5O6S/c1-16-15-37-22(27-16)8-5-11-26-24(34)18-9-10-21(32)28-19(14-31)25(35)30(2)12-13-36-20-7-4-3-6-17(20)23(33)29-18/h3-4,6-7,15,18-19,31H,5,8-14H2,1-2H3,(H,26,34)(H,28,32)(H,29,33)/t18-,19-/m0/s1. The lowest BCUT2D eigenvalue weighted by Crippen LogP contribution is -2.51. The van der Waals surface area contributed by atoms with Crippen LogP contribution in [0.1, 0.15) is 40.3 Å². The number of rotatable bonds is 6. The minimum Gasteiger partial charge on any atom is -0.491 e. The molecule has 1 aromatic heterocycles. The minimum absolute atomic E-state index is 0.000282. The Labute approximate surface area is 219 Å². The van der Waals surface area contributed by atoms with E-state index in [1.807, 2.05) is 12.3 Å². The number of carbonyl (C=O) groups excluding carboxylic acids is 4. The SMILES string of the molecule is Cc1csc(CCCNC(=O)[C@@H]2CCC(=O)N[C@@H](CO)C(=O)N(C)CCOc3ccccc3C(=O)N2)n1. The van der Waals surface area contributed by atoms with Crippen LogP contribution in [0.25, 0.3) is 0 Å². The van der Waals surface area contributed by atoms with Crippen molar-refractivity contribution in [1.29, 1.82) is 0 Å². The molecule has 2 aromatic rings. The van der Waals surface area contributed by atoms with Crippen LogP contribution >= 0.6 is 11.3 Å². The molecule has 0 fully saturated rings. The van der Waals surface area contributed by atoms with Gasteiger partial charge in [0.25, 0.3) is 5.91 Å². The van der Waals surface area contributed by atoms with Crippen molar-refractivity contribution in [2.75, 3.05) is 33.4 Å². The molecule has 0 unspecified atom stereocenters. The number of aromatic nitrogens is 1. The van der Waals surface area contributed by atoms with Gasteiger partial charge in [0.05, 0.1) is 23.7 Å². The maximum absolute atomic E-state index is 13.1. The maximum atomic E-state index is 13.1. The second kappa shape index (κ2) is 13.7. The summed E-state index contributed by atoms with van der Waals surface area (Å²) in [7, 11) is 1.53. The number of para-hydroxylation sites is 1. The highest BCUT2D eigenvalue weighted by molar-refractivity contribution is 7.09. The largest absolute Gasteiger partial charge is 0.491 e. The van der Waals surface area contributed by atoms with Crippen molar-refractivity contribution >= 4 is 35.0 Å². The third kappa shape index (κ3) is 8.25. The van der Waals surface area contributed by atoms with Crippen LogP contribution in [0.5, 0.6) is 5.75 Å². The Morgan fingerprint density at radius 2 is 2.05 bits per heavy atom. The van der Waals surface area contributed by atoms with Crippen molar-refractivity contribution in [3.05, 3.63) is 45.9 Å². The number of benzene rings is 1. The zero-order chi connectivity index (χ0) is 26.8. The van der Waals surface area contributed by atoms with Crippen LogP contribution in [0, 0.1) is 6.92 Å². The first-order valence-electron chi connectivity index (χ1n) is 12.1. The fourth-order valence-corrected chi connectivity index (χ4v) is 4.59. The number of hydrogen-bond donors (Lipinski definition) is 4. The second-order valence-electron chi connectivity index (χ2n) is 8.75. The summed E-state index contributed by atoms with van der Waals surface area (Å²) in [5.74, 6) is -1.61. The molecule has 1 aromatic carbocycles. The summed E-state index contributed by atoms with van der Waals surface area (Å²) < 4.78 is 5.75. The second-order valence-corrected chi connectivity index (χ2v) is 9.69. The van der Waals surface area contributed by atoms with Gasteiger partial charge in [-0.1, -0.05) is 12.1 Å². The summed E-state index contributed by atoms with van der Waals surface area (Å²) >= 11 is 1.57. The predicted octanol–water partition coefficient (Wildman–Crippen LogP) is 0.407. The van der Waals surface area contributed by atoms with Gasteiger partial charge in [0.1, 0.15) is 24.4 Å². The Kier molecular flexibility index (Phi) is 10.4. The van der Waals surface area contributed by atoms with Crippen molar-refractivity contribution in [2.24, 2.45) is 0 Å². The first-order valence-corrected chi connectivity index (χ1v) is 13.0. The summed E-state index contributed by atoms with van der Waals surface area (Å²) in [6.07, 6.45) is 1.25. The van der Waals surface area contributed by atoms with E-state index in [0.717, 1.165) is 10.7 Å². The Balaban J connectivity index is 1.72. The Hall–Kier alpha value is -3.51. The van der Waals surface area contributed by atoms with Gasteiger partial charge in [0, 0.05) is 37.5 Å². The molecule has 0 saturated heterocycles. The van der Waals surface area contributed by atoms with E-state index < -0.39 is 42.3 Å². The van der Waals surface area contributed by atoms with Crippen LogP contribution in [0.2, 0.25) is 0 Å². The lowest BCUT2D eigenvalue weighted by atomic mass is 10.1. The average molecular weight is 532 g/mol. The van der Waals surface area contributed by atoms with Gasteiger partial charge in [0.15, 0.2) is 0 Å². The van der Waals surface area contributed by atoms with Gasteiger partial charge >= 0.3 is 0 Å². The molecule has 4 amide bonds. The van der Waals surface area contributed by atoms with Crippen molar-refractivity contribution in [2.45, 2.75) is 44.7 Å². The molecular weight excluding hydrogens is 498 g/mol. The van der Waals surface area contributed by atoms with Gasteiger partial charge in [-0.2, -0.15) is 0 Å². The number of amides is 4. The van der Waals surface area contributed by atoms with Crippen LogP contribution in [0.15, 0.2) is 29.6 Å². The first kappa shape index (κ1) is 28.1. The number of nitrogens with one attached hydrogen (secondary N) is 3. The van der Waals surface area contributed by atoms with Gasteiger partial charge in [-0.05, 0) is 31.9 Å². The van der Waals surface area contributed by atoms with E-state index in [2.05, 4.69) is 20.9 Å². The van der Waals surface area contributed by atoms with Crippen LogP contribution in [-0.4, -0.2) is 84.1 Å². The molecule has 0 saturated carbocycles. The Bertz CT molecular complexity index is 1110. The van der Waals surface area contributed by atoms with Crippen molar-refractivity contribution in [3.63, 3.8) is 0 Å². The van der Waals surface area contributed by atoms with Crippen molar-refractivity contribution in [3.8, 4) is 5.75 Å². The molecule has 0 spiro atoms. The maximum Gasteiger partial charge on any atom is 0.255 e. The van der Waals surface area contributed by atoms with E-state index in [1.54, 1.807) is 35.6 Å². The third-order valence-corrected chi connectivity index (χ3v) is 6.85. The minimum atomic E-state index is -1.12. The molecule has 11 nitrogen and oxygen atoms in total. The zero-order valence-electron chi connectivity index (χ0n) is 21.0. The van der Waals surface area contributed by atoms with Gasteiger partial charge in [-0.15, -0.1) is 11.3 Å². The number of nitrogens with zero attached hydrogens (tertiary/aromatic N) is 2. The first-order chi connectivity index (χ1) is 17.8. The topological polar surface area (TPSA) is 150 Å². The van der Waals surface area contributed by atoms with Gasteiger partial charge in [-0.3, -0.25) is 19.2 Å². The number of hydrogen-bond acceptors (Lipinski definition) is 8. The van der Waals surface area contributed by atoms with Crippen molar-refractivity contribution < 1.29 is 29.0 Å². The highest BCUT2D eigenvalue weighted by atomic mass is 32.1. The molecule has 0 radical (unpaired) electrons. The number of carbonyl (C=O) groups is 4. The molecule has 2 atom stereocenters. The molecule has 200 valence electrons. The Morgan fingerprint density at radius 1 is 1.27 bits per heavy atom. The van der Waals surface area contributed by atoms with E-state index in [-0.39, 0.29) is 31.6 Å². The smallest absolute Gasteiger partial charge is 0.255 e. The number of likely N-dealkylation sites (N-methyl/N-ethyl adjacent to an activating group) is 1. The van der Waals surface area contributed by atoms with Crippen LogP contribution in [0.3, 0.4) is 0 Å². The van der Waals surface area contributed by atoms with Crippen molar-refractivity contribution in [1.82, 2.24) is 25.8 Å². The predicted molar refractivity (Wildman–Crippen MR) is 137 cm³/mol. The highest BCUT2D eigenvalue weighted by Crippen LogP contribution is 2.19. The van der Waals surface area contributed by atoms with E-state index in [0.29, 0.717) is 25.1 Å². The lowest BCUT2D eigenvalue weighted by molar-refractivity contribution is -0.137. The molecule has 2 heterocycles. The molecule has 1 aliphatic rings. The molecule has 12 heteroatoms. The van der Waals surface area contributed by atoms with Gasteiger partial charge in [-0.25, -0.2) is 4.98 Å². The normalized spacial score (nSPS) is 19.5. The zero-order valence-corrected chi connectivity index (χ0v) is 21.8. The summed E-state index contributed by atoms with van der Waals surface area (Å²) in [4.78, 5) is 57.0. The number of aryl methyl sites for hydroxylation is 2. The average Bonchev–Trinajstić information content (AvgIpc) is 3.31. The van der Waals surface area contributed by atoms with Crippen LogP contribution in [-0.2, 0) is 20.8 Å². The van der Waals surface area contributed by atoms with E-state index >= 15 is 0 Å². The molecular formula is C25H33N5O6S. The van der Waals surface area contributed by atoms with Crippen LogP contribution in [0.4, 0.5) is 0 Å². The summed E-state index contributed by atoms with van der Waals surface area (Å²) in [5, 5.41) is 20.6. The summed E-state index contributed by atoms with van der Waals surface area (Å²) in [6.45, 7) is 1.99. The monoisotopic (exact) mass is 531 g/mol. The molecule has 3 rings (SSSR count). The molecule has 1 aliphatic heterocycles. The fourth-order valence-electron chi connectivity index (χ4n) is 3.77. The van der Waals surface area contributed by atoms with E-state index in [1.165, 1.54) is 11.9 Å². The molecule has 4 N–H and O–H groups in total. The summed E-state index contributed by atoms with van der Waals surface area (Å²) in [6, 6.07) is 4.49. The lowest BCUT2D eigenvalue weighted by Gasteiger charge is -2.23. The number of ether oxygens (including phenoxy) is 1. The number of aliphatic hydroxyl groups is 1. The molecule has 0 bridgehead atoms. The van der Waals surface area contributed by atoms with E-state index in [4.69, 9.17) is 4.74 Å². The number of aliphatic hydroxyl groups excluding tert-OH is 1. The van der Waals surface area contributed by atoms with Gasteiger partial charge in [0.2, 0.25) is 17.7 Å². The van der Waals surface area contributed by atoms with Gasteiger partial charge < -0.3 is 30.7 Å². The molecule has 0 aliphatic carbocycles.